The molecule has 3 heterocycles. The summed E-state index contributed by atoms with van der Waals surface area (Å²) in [5.74, 6) is -4.96. The van der Waals surface area contributed by atoms with Crippen molar-refractivity contribution in [3.05, 3.63) is 0 Å². The summed E-state index contributed by atoms with van der Waals surface area (Å²) in [6, 6.07) is -6.16. The summed E-state index contributed by atoms with van der Waals surface area (Å²) >= 11 is 0. The molecule has 0 radical (unpaired) electrons. The van der Waals surface area contributed by atoms with Gasteiger partial charge in [0.05, 0.1) is 105 Å². The lowest BCUT2D eigenvalue weighted by Crippen LogP contribution is -2.64. The molecule has 0 saturated carbocycles. The maximum atomic E-state index is 13.7. The Labute approximate surface area is 520 Å². The molecule has 3 aliphatic rings. The summed E-state index contributed by atoms with van der Waals surface area (Å²) in [5, 5.41) is 111. The molecule has 0 aromatic rings. The molecule has 36 nitrogen and oxygen atoms in total. The molecule has 3 aliphatic heterocycles. The average molecular weight is 1310 g/mol. The van der Waals surface area contributed by atoms with Crippen LogP contribution in [0.5, 0.6) is 0 Å². The normalized spacial score (nSPS) is 27.4. The fourth-order valence-electron chi connectivity index (χ4n) is 9.14. The van der Waals surface area contributed by atoms with Gasteiger partial charge < -0.3 is 141 Å². The number of carbonyl (C=O) groups excluding carboxylic acids is 8. The number of ether oxygens (including phenoxy) is 11. The Hall–Kier alpha value is -5.04. The summed E-state index contributed by atoms with van der Waals surface area (Å²) in [7, 11) is 0. The Balaban J connectivity index is 1.61. The van der Waals surface area contributed by atoms with Gasteiger partial charge in [-0.05, 0) is 26.7 Å². The van der Waals surface area contributed by atoms with E-state index in [4.69, 9.17) is 52.1 Å². The monoisotopic (exact) mass is 1300 g/mol. The zero-order valence-corrected chi connectivity index (χ0v) is 51.4. The Bertz CT molecular complexity index is 2150. The standard InChI is InChI=1S/C54H96N8O28/c1-29(2)84-22-18-80-14-10-40(71)62-34(51(79)57-13-17-83-21-25-87-54-43(60-32(5)68)49(77)46(74)37(28-65)90-54)7-9-39(70)61-33(50(78)56-12-16-82-20-24-86-53-42(59-31(4)67)48(76)45(73)36(27-64)89-53)6-8-38(69)55-11-15-81-19-23-85-52-41(58-30(3)66)47(75)44(72)35(26-63)88-52/h29,33-37,41-49,52-54,63-65,72-77H,6-28H2,1-5H3,(H,55,69)(H,56,78)(H,57,79)(H,58,66)(H,59,67)(H,60,68)(H,61,70)(H,62,71)/t33?,34?,35?,36?,37?,41?,42?,43?,44-,45-,46-,47+,48+,49+,52+,53+,54+/m0/s1. The van der Waals surface area contributed by atoms with Crippen LogP contribution in [0.1, 0.15) is 66.7 Å². The summed E-state index contributed by atoms with van der Waals surface area (Å²) < 4.78 is 61.0. The lowest BCUT2D eigenvalue weighted by molar-refractivity contribution is -0.272. The lowest BCUT2D eigenvalue weighted by Gasteiger charge is -2.42. The smallest absolute Gasteiger partial charge is 0.242 e. The second-order valence-electron chi connectivity index (χ2n) is 21.3. The summed E-state index contributed by atoms with van der Waals surface area (Å²) in [5.41, 5.74) is 0. The Kier molecular flexibility index (Phi) is 38.5. The van der Waals surface area contributed by atoms with Gasteiger partial charge in [-0.25, -0.2) is 0 Å². The minimum absolute atomic E-state index is 0.0171. The highest BCUT2D eigenvalue weighted by Crippen LogP contribution is 2.25. The predicted molar refractivity (Wildman–Crippen MR) is 304 cm³/mol. The fourth-order valence-corrected chi connectivity index (χ4v) is 9.14. The molecule has 17 atom stereocenters. The lowest BCUT2D eigenvalue weighted by atomic mass is 9.97. The molecular formula is C54H96N8O28. The van der Waals surface area contributed by atoms with E-state index in [0.717, 1.165) is 0 Å². The van der Waals surface area contributed by atoms with Crippen molar-refractivity contribution in [1.29, 1.82) is 0 Å². The van der Waals surface area contributed by atoms with Crippen LogP contribution < -0.4 is 42.5 Å². The SMILES string of the molecule is CC(=O)NC1[C@H](OCCOCCNC(=O)CCC(NC(=O)CCC(NC(=O)CCOCCOC(C)C)C(=O)NCCOCCO[C@@H]2OC(CO)[C@H](O)[C@H](O)C2NC(C)=O)C(=O)NCCOCCO[C@@H]2OC(CO)[C@H](O)[C@H](O)C2NC(C)=O)OC(CO)[C@H](O)[C@@H]1O. The predicted octanol–water partition coefficient (Wildman–Crippen LogP) is -9.37. The first kappa shape index (κ1) is 79.2. The third kappa shape index (κ3) is 29.3. The Morgan fingerprint density at radius 1 is 0.400 bits per heavy atom. The third-order valence-electron chi connectivity index (χ3n) is 13.7. The molecule has 8 unspecified atom stereocenters. The molecule has 36 heteroatoms. The van der Waals surface area contributed by atoms with Crippen molar-refractivity contribution in [2.24, 2.45) is 0 Å². The molecule has 0 spiro atoms. The molecule has 3 fully saturated rings. The molecule has 0 aromatic carbocycles. The van der Waals surface area contributed by atoms with E-state index in [9.17, 15) is 84.3 Å². The van der Waals surface area contributed by atoms with Gasteiger partial charge in [0.2, 0.25) is 47.3 Å². The van der Waals surface area contributed by atoms with Gasteiger partial charge in [0.25, 0.3) is 0 Å². The summed E-state index contributed by atoms with van der Waals surface area (Å²) in [4.78, 5) is 102. The van der Waals surface area contributed by atoms with E-state index in [1.807, 2.05) is 13.8 Å². The highest BCUT2D eigenvalue weighted by Gasteiger charge is 2.48. The topological polar surface area (TPSA) is 516 Å². The molecular weight excluding hydrogens is 1210 g/mol. The Morgan fingerprint density at radius 2 is 0.722 bits per heavy atom. The van der Waals surface area contributed by atoms with E-state index in [-0.39, 0.29) is 131 Å². The first-order valence-electron chi connectivity index (χ1n) is 29.8. The van der Waals surface area contributed by atoms with E-state index >= 15 is 0 Å². The molecule has 3 saturated heterocycles. The maximum Gasteiger partial charge on any atom is 0.242 e. The van der Waals surface area contributed by atoms with Crippen LogP contribution in [0.2, 0.25) is 0 Å². The van der Waals surface area contributed by atoms with Gasteiger partial charge in [-0.1, -0.05) is 0 Å². The van der Waals surface area contributed by atoms with Gasteiger partial charge in [-0.3, -0.25) is 38.4 Å². The Morgan fingerprint density at radius 3 is 1.07 bits per heavy atom. The number of aliphatic hydroxyl groups excluding tert-OH is 9. The van der Waals surface area contributed by atoms with Crippen LogP contribution in [0.3, 0.4) is 0 Å². The zero-order valence-electron chi connectivity index (χ0n) is 51.4. The number of amides is 8. The van der Waals surface area contributed by atoms with Crippen molar-refractivity contribution in [1.82, 2.24) is 42.5 Å². The van der Waals surface area contributed by atoms with Gasteiger partial charge in [-0.2, -0.15) is 0 Å². The van der Waals surface area contributed by atoms with Gasteiger partial charge in [0, 0.05) is 59.7 Å². The van der Waals surface area contributed by atoms with Crippen LogP contribution in [0.25, 0.3) is 0 Å². The number of nitrogens with one attached hydrogen (secondary N) is 8. The number of aliphatic hydroxyl groups is 9. The van der Waals surface area contributed by atoms with Crippen molar-refractivity contribution >= 4 is 47.3 Å². The minimum Gasteiger partial charge on any atom is -0.394 e. The molecule has 0 bridgehead atoms. The molecule has 17 N–H and O–H groups in total. The van der Waals surface area contributed by atoms with Crippen LogP contribution in [0.15, 0.2) is 0 Å². The first-order chi connectivity index (χ1) is 42.9. The summed E-state index contributed by atoms with van der Waals surface area (Å²) in [6.45, 7) is 4.63. The van der Waals surface area contributed by atoms with Crippen LogP contribution in [-0.4, -0.2) is 322 Å². The molecule has 0 aliphatic carbocycles. The van der Waals surface area contributed by atoms with Crippen LogP contribution in [0, 0.1) is 0 Å². The summed E-state index contributed by atoms with van der Waals surface area (Å²) in [6.07, 6.45) is -18.0. The van der Waals surface area contributed by atoms with E-state index in [2.05, 4.69) is 42.5 Å². The largest absolute Gasteiger partial charge is 0.394 e. The van der Waals surface area contributed by atoms with E-state index in [1.54, 1.807) is 0 Å². The van der Waals surface area contributed by atoms with Crippen molar-refractivity contribution in [2.75, 3.05) is 119 Å². The number of rotatable bonds is 44. The van der Waals surface area contributed by atoms with E-state index in [0.29, 0.717) is 0 Å². The maximum absolute atomic E-state index is 13.7. The molecule has 3 rings (SSSR count). The van der Waals surface area contributed by atoms with E-state index < -0.39 is 178 Å². The molecule has 0 aromatic heterocycles. The molecule has 8 amide bonds. The van der Waals surface area contributed by atoms with Crippen molar-refractivity contribution < 1.29 is 136 Å². The molecule has 90 heavy (non-hydrogen) atoms. The first-order valence-corrected chi connectivity index (χ1v) is 29.8. The van der Waals surface area contributed by atoms with Crippen LogP contribution in [-0.2, 0) is 90.5 Å². The second kappa shape index (κ2) is 43.7. The fraction of sp³-hybridized carbons (Fsp3) is 0.852. The van der Waals surface area contributed by atoms with Crippen LogP contribution in [0.4, 0.5) is 0 Å². The average Bonchev–Trinajstić information content (AvgIpc) is 1.24. The van der Waals surface area contributed by atoms with Crippen LogP contribution >= 0.6 is 0 Å². The number of hydrogen-bond donors (Lipinski definition) is 17. The van der Waals surface area contributed by atoms with Gasteiger partial charge >= 0.3 is 0 Å². The van der Waals surface area contributed by atoms with Gasteiger partial charge in [-0.15, -0.1) is 0 Å². The van der Waals surface area contributed by atoms with E-state index in [1.165, 1.54) is 20.8 Å². The van der Waals surface area contributed by atoms with Gasteiger partial charge in [0.1, 0.15) is 85.1 Å². The van der Waals surface area contributed by atoms with Crippen molar-refractivity contribution in [2.45, 2.75) is 177 Å². The highest BCUT2D eigenvalue weighted by atomic mass is 16.7. The van der Waals surface area contributed by atoms with Gasteiger partial charge in [0.15, 0.2) is 18.9 Å². The quantitative estimate of drug-likeness (QED) is 0.0252. The number of hydrogen-bond acceptors (Lipinski definition) is 28. The van der Waals surface area contributed by atoms with Crippen molar-refractivity contribution in [3.8, 4) is 0 Å². The third-order valence-corrected chi connectivity index (χ3v) is 13.7. The zero-order chi connectivity index (χ0) is 66.7. The van der Waals surface area contributed by atoms with Crippen molar-refractivity contribution in [3.63, 3.8) is 0 Å². The second-order valence-corrected chi connectivity index (χ2v) is 21.3. The number of carbonyl (C=O) groups is 8. The highest BCUT2D eigenvalue weighted by molar-refractivity contribution is 5.90. The molecule has 520 valence electrons. The minimum atomic E-state index is -1.54.